The number of carboxylic acid groups (broad SMARTS) is 1. The van der Waals surface area contributed by atoms with Gasteiger partial charge in [-0.15, -0.1) is 0 Å². The van der Waals surface area contributed by atoms with Crippen LogP contribution in [0, 0.1) is 5.82 Å². The topological polar surface area (TPSA) is 78.4 Å². The Bertz CT molecular complexity index is 482. The molecule has 1 rings (SSSR count). The van der Waals surface area contributed by atoms with Gasteiger partial charge in [0.25, 0.3) is 0 Å². The van der Waals surface area contributed by atoms with Crippen molar-refractivity contribution < 1.29 is 19.1 Å². The largest absolute Gasteiger partial charge is 0.481 e. The van der Waals surface area contributed by atoms with E-state index >= 15 is 0 Å². The molecule has 0 bridgehead atoms. The second-order valence-corrected chi connectivity index (χ2v) is 4.33. The standard InChI is InChI=1S/C12H14ClFN2O3/c1-2-8(6-11(17)18)15-12(19)16-10-4-3-7(14)5-9(10)13/h3-5,8H,2,6H2,1H3,(H,17,18)(H2,15,16,19). The number of hydrogen-bond donors (Lipinski definition) is 3. The summed E-state index contributed by atoms with van der Waals surface area (Å²) < 4.78 is 12.8. The molecule has 0 radical (unpaired) electrons. The maximum Gasteiger partial charge on any atom is 0.319 e. The van der Waals surface area contributed by atoms with Gasteiger partial charge in [-0.3, -0.25) is 4.79 Å². The Morgan fingerprint density at radius 1 is 1.47 bits per heavy atom. The predicted molar refractivity (Wildman–Crippen MR) is 69.9 cm³/mol. The molecule has 0 aromatic heterocycles. The SMILES string of the molecule is CCC(CC(=O)O)NC(=O)Nc1ccc(F)cc1Cl. The van der Waals surface area contributed by atoms with Gasteiger partial charge in [-0.2, -0.15) is 0 Å². The molecular weight excluding hydrogens is 275 g/mol. The van der Waals surface area contributed by atoms with Gasteiger partial charge in [0.15, 0.2) is 0 Å². The second-order valence-electron chi connectivity index (χ2n) is 3.93. The highest BCUT2D eigenvalue weighted by Gasteiger charge is 2.14. The number of carbonyl (C=O) groups excluding carboxylic acids is 1. The molecule has 0 heterocycles. The molecule has 1 aromatic carbocycles. The zero-order chi connectivity index (χ0) is 14.4. The number of halogens is 2. The maximum absolute atomic E-state index is 12.8. The molecule has 0 spiro atoms. The Kier molecular flexibility index (Phi) is 5.57. The van der Waals surface area contributed by atoms with Crippen LogP contribution in [0.25, 0.3) is 0 Å². The molecule has 19 heavy (non-hydrogen) atoms. The van der Waals surface area contributed by atoms with E-state index < -0.39 is 23.9 Å². The lowest BCUT2D eigenvalue weighted by molar-refractivity contribution is -0.137. The van der Waals surface area contributed by atoms with Gasteiger partial charge in [-0.25, -0.2) is 9.18 Å². The smallest absolute Gasteiger partial charge is 0.319 e. The van der Waals surface area contributed by atoms with Crippen molar-refractivity contribution in [2.24, 2.45) is 0 Å². The fraction of sp³-hybridized carbons (Fsp3) is 0.333. The summed E-state index contributed by atoms with van der Waals surface area (Å²) in [6, 6.07) is 2.51. The van der Waals surface area contributed by atoms with E-state index in [0.29, 0.717) is 6.42 Å². The van der Waals surface area contributed by atoms with Crippen LogP contribution in [-0.4, -0.2) is 23.1 Å². The Morgan fingerprint density at radius 3 is 2.68 bits per heavy atom. The number of amides is 2. The molecule has 0 saturated carbocycles. The maximum atomic E-state index is 12.8. The quantitative estimate of drug-likeness (QED) is 0.779. The number of carboxylic acids is 1. The first-order valence-corrected chi connectivity index (χ1v) is 6.04. The molecule has 0 aliphatic heterocycles. The van der Waals surface area contributed by atoms with Crippen LogP contribution in [-0.2, 0) is 4.79 Å². The molecule has 3 N–H and O–H groups in total. The third kappa shape index (κ3) is 5.13. The third-order valence-electron chi connectivity index (χ3n) is 2.43. The van der Waals surface area contributed by atoms with Gasteiger partial charge >= 0.3 is 12.0 Å². The van der Waals surface area contributed by atoms with Gasteiger partial charge in [0.2, 0.25) is 0 Å². The average Bonchev–Trinajstić information content (AvgIpc) is 2.31. The molecule has 104 valence electrons. The Balaban J connectivity index is 2.61. The van der Waals surface area contributed by atoms with Crippen LogP contribution in [0.2, 0.25) is 5.02 Å². The summed E-state index contributed by atoms with van der Waals surface area (Å²) in [7, 11) is 0. The van der Waals surface area contributed by atoms with Gasteiger partial charge in [0.05, 0.1) is 17.1 Å². The summed E-state index contributed by atoms with van der Waals surface area (Å²) in [6.07, 6.45) is 0.317. The summed E-state index contributed by atoms with van der Waals surface area (Å²) in [5.41, 5.74) is 0.255. The molecule has 2 amide bonds. The second kappa shape index (κ2) is 6.94. The molecule has 0 saturated heterocycles. The number of aliphatic carboxylic acids is 1. The molecule has 1 unspecified atom stereocenters. The number of carbonyl (C=O) groups is 2. The molecule has 7 heteroatoms. The molecule has 1 atom stereocenters. The highest BCUT2D eigenvalue weighted by atomic mass is 35.5. The van der Waals surface area contributed by atoms with Gasteiger partial charge in [-0.05, 0) is 24.6 Å². The lowest BCUT2D eigenvalue weighted by atomic mass is 10.1. The highest BCUT2D eigenvalue weighted by molar-refractivity contribution is 6.33. The number of rotatable bonds is 5. The van der Waals surface area contributed by atoms with Crippen molar-refractivity contribution in [3.63, 3.8) is 0 Å². The van der Waals surface area contributed by atoms with Crippen molar-refractivity contribution in [2.45, 2.75) is 25.8 Å². The van der Waals surface area contributed by atoms with Gasteiger partial charge in [0, 0.05) is 6.04 Å². The molecular formula is C12H14ClFN2O3. The molecule has 5 nitrogen and oxygen atoms in total. The molecule has 0 fully saturated rings. The zero-order valence-electron chi connectivity index (χ0n) is 10.2. The summed E-state index contributed by atoms with van der Waals surface area (Å²) in [5.74, 6) is -1.50. The fourth-order valence-corrected chi connectivity index (χ4v) is 1.66. The summed E-state index contributed by atoms with van der Waals surface area (Å²) in [6.45, 7) is 1.76. The number of urea groups is 1. The minimum Gasteiger partial charge on any atom is -0.481 e. The first-order chi connectivity index (χ1) is 8.92. The van der Waals surface area contributed by atoms with Crippen molar-refractivity contribution in [1.82, 2.24) is 5.32 Å². The van der Waals surface area contributed by atoms with Crippen LogP contribution >= 0.6 is 11.6 Å². The third-order valence-corrected chi connectivity index (χ3v) is 2.74. The highest BCUT2D eigenvalue weighted by Crippen LogP contribution is 2.22. The summed E-state index contributed by atoms with van der Waals surface area (Å²) >= 11 is 5.75. The number of hydrogen-bond acceptors (Lipinski definition) is 2. The first kappa shape index (κ1) is 15.2. The van der Waals surface area contributed by atoms with Crippen LogP contribution in [0.3, 0.4) is 0 Å². The van der Waals surface area contributed by atoms with Crippen molar-refractivity contribution in [3.8, 4) is 0 Å². The van der Waals surface area contributed by atoms with Crippen molar-refractivity contribution in [1.29, 1.82) is 0 Å². The van der Waals surface area contributed by atoms with E-state index in [-0.39, 0.29) is 17.1 Å². The van der Waals surface area contributed by atoms with E-state index in [4.69, 9.17) is 16.7 Å². The number of anilines is 1. The van der Waals surface area contributed by atoms with Gasteiger partial charge in [0.1, 0.15) is 5.82 Å². The molecule has 1 aromatic rings. The lowest BCUT2D eigenvalue weighted by Gasteiger charge is -2.15. The Morgan fingerprint density at radius 2 is 2.16 bits per heavy atom. The molecule has 0 aliphatic rings. The first-order valence-electron chi connectivity index (χ1n) is 5.66. The Hall–Kier alpha value is -1.82. The fourth-order valence-electron chi connectivity index (χ4n) is 1.44. The van der Waals surface area contributed by atoms with Crippen molar-refractivity contribution >= 4 is 29.3 Å². The normalized spacial score (nSPS) is 11.7. The zero-order valence-corrected chi connectivity index (χ0v) is 11.0. The van der Waals surface area contributed by atoms with E-state index in [1.165, 1.54) is 6.07 Å². The number of benzene rings is 1. The van der Waals surface area contributed by atoms with Gasteiger partial charge in [-0.1, -0.05) is 18.5 Å². The van der Waals surface area contributed by atoms with Crippen molar-refractivity contribution in [2.75, 3.05) is 5.32 Å². The van der Waals surface area contributed by atoms with E-state index in [2.05, 4.69) is 10.6 Å². The van der Waals surface area contributed by atoms with E-state index in [9.17, 15) is 14.0 Å². The Labute approximate surface area is 114 Å². The lowest BCUT2D eigenvalue weighted by Crippen LogP contribution is -2.38. The number of nitrogens with one attached hydrogen (secondary N) is 2. The minimum atomic E-state index is -0.994. The minimum absolute atomic E-state index is 0.0708. The van der Waals surface area contributed by atoms with Crippen LogP contribution in [0.15, 0.2) is 18.2 Å². The van der Waals surface area contributed by atoms with Crippen molar-refractivity contribution in [3.05, 3.63) is 29.0 Å². The average molecular weight is 289 g/mol. The van der Waals surface area contributed by atoms with E-state index in [0.717, 1.165) is 12.1 Å². The molecule has 0 aliphatic carbocycles. The van der Waals surface area contributed by atoms with Gasteiger partial charge < -0.3 is 15.7 Å². The summed E-state index contributed by atoms with van der Waals surface area (Å²) in [4.78, 5) is 22.2. The predicted octanol–water partition coefficient (Wildman–Crippen LogP) is 2.85. The summed E-state index contributed by atoms with van der Waals surface area (Å²) in [5, 5.41) is 13.7. The van der Waals surface area contributed by atoms with E-state index in [1.54, 1.807) is 6.92 Å². The van der Waals surface area contributed by atoms with Crippen LogP contribution < -0.4 is 10.6 Å². The van der Waals surface area contributed by atoms with Crippen LogP contribution in [0.4, 0.5) is 14.9 Å². The van der Waals surface area contributed by atoms with E-state index in [1.807, 2.05) is 0 Å². The monoisotopic (exact) mass is 288 g/mol. The van der Waals surface area contributed by atoms with Crippen LogP contribution in [0.5, 0.6) is 0 Å². The van der Waals surface area contributed by atoms with Crippen LogP contribution in [0.1, 0.15) is 19.8 Å².